The Kier molecular flexibility index (Phi) is 15.5. The lowest BCUT2D eigenvalue weighted by Gasteiger charge is -2.23. The van der Waals surface area contributed by atoms with Crippen LogP contribution in [-0.4, -0.2) is 32.2 Å². The summed E-state index contributed by atoms with van der Waals surface area (Å²) in [4.78, 5) is 0. The van der Waals surface area contributed by atoms with Crippen molar-refractivity contribution in [3.63, 3.8) is 0 Å². The lowest BCUT2D eigenvalue weighted by molar-refractivity contribution is -0.870. The van der Waals surface area contributed by atoms with Crippen molar-refractivity contribution in [2.75, 3.05) is 27.7 Å². The average molecular weight is 378 g/mol. The van der Waals surface area contributed by atoms with Crippen molar-refractivity contribution in [3.8, 4) is 0 Å². The number of quaternary nitrogens is 1. The minimum atomic E-state index is 0. The molecule has 0 rings (SSSR count). The first-order valence-corrected chi connectivity index (χ1v) is 9.51. The minimum Gasteiger partial charge on any atom is -1.00 e. The van der Waals surface area contributed by atoms with E-state index in [4.69, 9.17) is 0 Å². The van der Waals surface area contributed by atoms with E-state index in [0.29, 0.717) is 5.41 Å². The van der Waals surface area contributed by atoms with Gasteiger partial charge >= 0.3 is 0 Å². The van der Waals surface area contributed by atoms with Gasteiger partial charge in [0.15, 0.2) is 0 Å². The molecule has 0 N–H and O–H groups in total. The molecular weight excluding hydrogens is 334 g/mol. The summed E-state index contributed by atoms with van der Waals surface area (Å²) in [5.41, 5.74) is 0.534. The zero-order valence-corrected chi connectivity index (χ0v) is 18.1. The number of hydrogen-bond acceptors (Lipinski definition) is 0. The first-order valence-electron chi connectivity index (χ1n) is 9.51. The van der Waals surface area contributed by atoms with E-state index >= 15 is 0 Å². The van der Waals surface area contributed by atoms with Crippen LogP contribution in [0.25, 0.3) is 0 Å². The van der Waals surface area contributed by atoms with Crippen molar-refractivity contribution in [2.24, 2.45) is 5.41 Å². The summed E-state index contributed by atoms with van der Waals surface area (Å²) in [6, 6.07) is 0. The van der Waals surface area contributed by atoms with Crippen molar-refractivity contribution in [1.29, 1.82) is 0 Å². The van der Waals surface area contributed by atoms with Gasteiger partial charge in [-0.3, -0.25) is 0 Å². The zero-order chi connectivity index (χ0) is 16.2. The van der Waals surface area contributed by atoms with Crippen LogP contribution in [0.15, 0.2) is 0 Å². The fourth-order valence-corrected chi connectivity index (χ4v) is 2.83. The van der Waals surface area contributed by atoms with Crippen LogP contribution in [0, 0.1) is 5.41 Å². The van der Waals surface area contributed by atoms with E-state index in [1.165, 1.54) is 83.6 Å². The first kappa shape index (κ1) is 24.7. The van der Waals surface area contributed by atoms with E-state index in [9.17, 15) is 0 Å². The molecule has 0 fully saturated rings. The van der Waals surface area contributed by atoms with Crippen molar-refractivity contribution < 1.29 is 21.5 Å². The third-order valence-corrected chi connectivity index (χ3v) is 4.26. The van der Waals surface area contributed by atoms with Crippen molar-refractivity contribution in [2.45, 2.75) is 97.8 Å². The second-order valence-corrected chi connectivity index (χ2v) is 9.21. The summed E-state index contributed by atoms with van der Waals surface area (Å²) in [5, 5.41) is 0. The van der Waals surface area contributed by atoms with E-state index < -0.39 is 0 Å². The third kappa shape index (κ3) is 22.7. The Morgan fingerprint density at radius 1 is 0.545 bits per heavy atom. The van der Waals surface area contributed by atoms with Crippen molar-refractivity contribution in [3.05, 3.63) is 0 Å². The maximum atomic E-state index is 2.35. The van der Waals surface area contributed by atoms with Crippen LogP contribution in [0.1, 0.15) is 97.8 Å². The van der Waals surface area contributed by atoms with Gasteiger partial charge in [0.25, 0.3) is 0 Å². The molecule has 0 bridgehead atoms. The van der Waals surface area contributed by atoms with Gasteiger partial charge in [-0.05, 0) is 24.7 Å². The van der Waals surface area contributed by atoms with Crippen LogP contribution in [0.4, 0.5) is 0 Å². The van der Waals surface area contributed by atoms with Gasteiger partial charge in [-0.15, -0.1) is 0 Å². The van der Waals surface area contributed by atoms with Gasteiger partial charge in [-0.2, -0.15) is 0 Å². The van der Waals surface area contributed by atoms with E-state index in [1.807, 2.05) is 0 Å². The molecule has 0 saturated carbocycles. The zero-order valence-electron chi connectivity index (χ0n) is 16.5. The van der Waals surface area contributed by atoms with Crippen molar-refractivity contribution in [1.82, 2.24) is 0 Å². The summed E-state index contributed by atoms with van der Waals surface area (Å²) >= 11 is 0. The summed E-state index contributed by atoms with van der Waals surface area (Å²) in [6.45, 7) is 8.39. The van der Waals surface area contributed by atoms with Gasteiger partial charge < -0.3 is 21.5 Å². The maximum absolute atomic E-state index is 2.35. The molecule has 0 aromatic heterocycles. The number of hydrogen-bond donors (Lipinski definition) is 0. The molecule has 22 heavy (non-hydrogen) atoms. The summed E-state index contributed by atoms with van der Waals surface area (Å²) in [5.74, 6) is 0. The fourth-order valence-electron chi connectivity index (χ4n) is 2.83. The van der Waals surface area contributed by atoms with Gasteiger partial charge in [-0.25, -0.2) is 0 Å². The lowest BCUT2D eigenvalue weighted by Crippen LogP contribution is -3.00. The molecule has 0 saturated heterocycles. The molecule has 0 radical (unpaired) electrons. The monoisotopic (exact) mass is 377 g/mol. The van der Waals surface area contributed by atoms with Crippen LogP contribution in [-0.2, 0) is 0 Å². The van der Waals surface area contributed by atoms with E-state index in [1.54, 1.807) is 0 Å². The molecule has 2 heteroatoms. The molecule has 0 amide bonds. The highest BCUT2D eigenvalue weighted by Gasteiger charge is 2.08. The highest BCUT2D eigenvalue weighted by atomic mass is 79.9. The minimum absolute atomic E-state index is 0. The SMILES string of the molecule is CC(C)(C)CCCCCCCCCCCCC[N+](C)(C)C.[Br-]. The van der Waals surface area contributed by atoms with E-state index in [-0.39, 0.29) is 17.0 Å². The number of rotatable bonds is 13. The van der Waals surface area contributed by atoms with Crippen LogP contribution in [0.5, 0.6) is 0 Å². The van der Waals surface area contributed by atoms with Gasteiger partial charge in [0.2, 0.25) is 0 Å². The largest absolute Gasteiger partial charge is 1.00 e. The Bertz CT molecular complexity index is 201. The highest BCUT2D eigenvalue weighted by molar-refractivity contribution is 4.61. The lowest BCUT2D eigenvalue weighted by atomic mass is 9.89. The molecule has 0 aromatic carbocycles. The van der Waals surface area contributed by atoms with Gasteiger partial charge in [-0.1, -0.05) is 78.6 Å². The normalized spacial score (nSPS) is 12.3. The molecule has 0 aromatic rings. The predicted molar refractivity (Wildman–Crippen MR) is 97.8 cm³/mol. The molecule has 0 spiro atoms. The topological polar surface area (TPSA) is 0 Å². The second-order valence-electron chi connectivity index (χ2n) is 9.21. The molecule has 0 aliphatic rings. The predicted octanol–water partition coefficient (Wildman–Crippen LogP) is 3.42. The third-order valence-electron chi connectivity index (χ3n) is 4.26. The molecule has 1 nitrogen and oxygen atoms in total. The number of unbranched alkanes of at least 4 members (excludes halogenated alkanes) is 10. The molecule has 136 valence electrons. The molecule has 0 atom stereocenters. The van der Waals surface area contributed by atoms with E-state index in [0.717, 1.165) is 4.48 Å². The average Bonchev–Trinajstić information content (AvgIpc) is 2.32. The van der Waals surface area contributed by atoms with Crippen LogP contribution in [0.2, 0.25) is 0 Å². The van der Waals surface area contributed by atoms with Crippen molar-refractivity contribution >= 4 is 0 Å². The molecule has 0 heterocycles. The van der Waals surface area contributed by atoms with Gasteiger partial charge in [0.05, 0.1) is 27.7 Å². The number of nitrogens with zero attached hydrogens (tertiary/aromatic N) is 1. The van der Waals surface area contributed by atoms with E-state index in [2.05, 4.69) is 41.9 Å². The highest BCUT2D eigenvalue weighted by Crippen LogP contribution is 2.22. The molecular formula is C20H44BrN. The molecule has 0 aliphatic carbocycles. The maximum Gasteiger partial charge on any atom is 0.0780 e. The summed E-state index contributed by atoms with van der Waals surface area (Å²) < 4.78 is 1.12. The first-order chi connectivity index (χ1) is 9.71. The molecule has 0 unspecified atom stereocenters. The summed E-state index contributed by atoms with van der Waals surface area (Å²) in [6.07, 6.45) is 17.3. The van der Waals surface area contributed by atoms with Crippen LogP contribution >= 0.6 is 0 Å². The quantitative estimate of drug-likeness (QED) is 0.340. The standard InChI is InChI=1S/C20H44N.BrH/c1-20(2,3)18-16-14-12-10-8-7-9-11-13-15-17-19-21(4,5)6;/h7-19H2,1-6H3;1H/q+1;/p-1. The van der Waals surface area contributed by atoms with Crippen LogP contribution < -0.4 is 17.0 Å². The number of halogens is 1. The Hall–Kier alpha value is 0.440. The Balaban J connectivity index is 0. The smallest absolute Gasteiger partial charge is 0.0780 e. The Morgan fingerprint density at radius 2 is 0.864 bits per heavy atom. The van der Waals surface area contributed by atoms with Gasteiger partial charge in [0.1, 0.15) is 0 Å². The van der Waals surface area contributed by atoms with Crippen LogP contribution in [0.3, 0.4) is 0 Å². The molecule has 0 aliphatic heterocycles. The fraction of sp³-hybridized carbons (Fsp3) is 1.00. The second kappa shape index (κ2) is 13.8. The summed E-state index contributed by atoms with van der Waals surface area (Å²) in [7, 11) is 6.88. The van der Waals surface area contributed by atoms with Gasteiger partial charge in [0, 0.05) is 0 Å². The Morgan fingerprint density at radius 3 is 1.18 bits per heavy atom. The Labute approximate surface area is 152 Å².